The molecule has 1 N–H and O–H groups in total. The van der Waals surface area contributed by atoms with Crippen LogP contribution in [-0.2, 0) is 10.3 Å². The van der Waals surface area contributed by atoms with Gasteiger partial charge in [0, 0.05) is 19.6 Å². The lowest BCUT2D eigenvalue weighted by Crippen LogP contribution is -2.30. The van der Waals surface area contributed by atoms with E-state index >= 15 is 0 Å². The molecule has 1 aromatic rings. The predicted molar refractivity (Wildman–Crippen MR) is 88.0 cm³/mol. The van der Waals surface area contributed by atoms with Crippen LogP contribution in [0.4, 0.5) is 5.82 Å². The third-order valence-corrected chi connectivity index (χ3v) is 5.38. The molecular weight excluding hydrogens is 365 g/mol. The zero-order chi connectivity index (χ0) is 14.2. The third-order valence-electron chi connectivity index (χ3n) is 4.32. The zero-order valence-electron chi connectivity index (χ0n) is 12.2. The number of nitrogens with zero attached hydrogens (tertiary/aromatic N) is 2. The monoisotopic (exact) mass is 387 g/mol. The van der Waals surface area contributed by atoms with E-state index in [0.717, 1.165) is 31.1 Å². The van der Waals surface area contributed by atoms with Gasteiger partial charge in [-0.15, -0.1) is 0 Å². The van der Waals surface area contributed by atoms with Crippen LogP contribution in [-0.4, -0.2) is 23.6 Å². The first kappa shape index (κ1) is 14.5. The molecule has 4 nitrogen and oxygen atoms in total. The summed E-state index contributed by atoms with van der Waals surface area (Å²) in [5.41, 5.74) is 0.986. The molecule has 0 aliphatic heterocycles. The maximum atomic E-state index is 6.12. The zero-order valence-corrected chi connectivity index (χ0v) is 14.4. The standard InChI is InChI=1S/C15H22IN3O/c1-3-20-15(8-4-5-9-15)14-18-12(10-6-7-10)11(16)13(17-2)19-14/h10H,3-9H2,1-2H3,(H,17,18,19). The molecule has 5 heteroatoms. The van der Waals surface area contributed by atoms with Gasteiger partial charge in [-0.3, -0.25) is 0 Å². The summed E-state index contributed by atoms with van der Waals surface area (Å²) in [5, 5.41) is 3.23. The Morgan fingerprint density at radius 1 is 1.30 bits per heavy atom. The largest absolute Gasteiger partial charge is 0.372 e. The molecule has 0 unspecified atom stereocenters. The smallest absolute Gasteiger partial charge is 0.162 e. The van der Waals surface area contributed by atoms with Gasteiger partial charge >= 0.3 is 0 Å². The molecule has 2 aliphatic carbocycles. The van der Waals surface area contributed by atoms with Gasteiger partial charge in [-0.1, -0.05) is 0 Å². The van der Waals surface area contributed by atoms with Gasteiger partial charge in [-0.05, 0) is 68.0 Å². The van der Waals surface area contributed by atoms with Gasteiger partial charge in [0.1, 0.15) is 11.4 Å². The van der Waals surface area contributed by atoms with Crippen molar-refractivity contribution in [3.8, 4) is 0 Å². The molecule has 2 aliphatic rings. The Morgan fingerprint density at radius 3 is 2.55 bits per heavy atom. The average Bonchev–Trinajstić information content (AvgIpc) is 3.19. The highest BCUT2D eigenvalue weighted by Gasteiger charge is 2.41. The van der Waals surface area contributed by atoms with Crippen molar-refractivity contribution in [2.24, 2.45) is 0 Å². The van der Waals surface area contributed by atoms with Gasteiger partial charge in [-0.2, -0.15) is 0 Å². The number of aromatic nitrogens is 2. The van der Waals surface area contributed by atoms with Crippen LogP contribution in [0.15, 0.2) is 0 Å². The first-order chi connectivity index (χ1) is 9.70. The second kappa shape index (κ2) is 5.75. The van der Waals surface area contributed by atoms with Crippen molar-refractivity contribution in [3.05, 3.63) is 15.1 Å². The Bertz CT molecular complexity index is 496. The molecule has 0 amide bonds. The molecule has 0 bridgehead atoms. The van der Waals surface area contributed by atoms with Crippen molar-refractivity contribution in [1.82, 2.24) is 9.97 Å². The molecule has 110 valence electrons. The number of rotatable bonds is 5. The van der Waals surface area contributed by atoms with Crippen molar-refractivity contribution >= 4 is 28.4 Å². The van der Waals surface area contributed by atoms with Crippen LogP contribution in [0.2, 0.25) is 0 Å². The van der Waals surface area contributed by atoms with Crippen LogP contribution >= 0.6 is 22.6 Å². The molecule has 1 heterocycles. The van der Waals surface area contributed by atoms with E-state index in [-0.39, 0.29) is 5.60 Å². The van der Waals surface area contributed by atoms with Crippen molar-refractivity contribution in [2.45, 2.75) is 57.0 Å². The number of nitrogens with one attached hydrogen (secondary N) is 1. The third kappa shape index (κ3) is 2.54. The molecule has 0 aromatic carbocycles. The Kier molecular flexibility index (Phi) is 4.17. The molecule has 2 fully saturated rings. The van der Waals surface area contributed by atoms with Gasteiger partial charge in [0.25, 0.3) is 0 Å². The molecule has 0 radical (unpaired) electrons. The molecule has 0 spiro atoms. The summed E-state index contributed by atoms with van der Waals surface area (Å²) in [6, 6.07) is 0. The second-order valence-electron chi connectivity index (χ2n) is 5.75. The van der Waals surface area contributed by atoms with Crippen LogP contribution in [0.5, 0.6) is 0 Å². The minimum Gasteiger partial charge on any atom is -0.372 e. The van der Waals surface area contributed by atoms with Crippen molar-refractivity contribution in [1.29, 1.82) is 0 Å². The van der Waals surface area contributed by atoms with Crippen LogP contribution in [0.1, 0.15) is 62.9 Å². The fourth-order valence-corrected chi connectivity index (χ4v) is 4.07. The van der Waals surface area contributed by atoms with E-state index in [1.165, 1.54) is 34.9 Å². The van der Waals surface area contributed by atoms with Crippen molar-refractivity contribution < 1.29 is 4.74 Å². The Hall–Kier alpha value is -0.430. The molecule has 0 atom stereocenters. The SMILES string of the molecule is CCOC1(c2nc(NC)c(I)c(C3CC3)n2)CCCC1. The van der Waals surface area contributed by atoms with E-state index in [9.17, 15) is 0 Å². The Balaban J connectivity index is 2.05. The lowest BCUT2D eigenvalue weighted by atomic mass is 10.0. The average molecular weight is 387 g/mol. The summed E-state index contributed by atoms with van der Waals surface area (Å²) in [4.78, 5) is 9.71. The lowest BCUT2D eigenvalue weighted by molar-refractivity contribution is -0.0457. The summed E-state index contributed by atoms with van der Waals surface area (Å²) in [7, 11) is 1.94. The minimum absolute atomic E-state index is 0.242. The van der Waals surface area contributed by atoms with E-state index in [1.807, 2.05) is 7.05 Å². The molecular formula is C15H22IN3O. The van der Waals surface area contributed by atoms with Gasteiger partial charge in [0.2, 0.25) is 0 Å². The lowest BCUT2D eigenvalue weighted by Gasteiger charge is -2.28. The Morgan fingerprint density at radius 2 is 2.00 bits per heavy atom. The quantitative estimate of drug-likeness (QED) is 0.781. The number of ether oxygens (including phenoxy) is 1. The number of hydrogen-bond acceptors (Lipinski definition) is 4. The molecule has 0 saturated heterocycles. The first-order valence-corrected chi connectivity index (χ1v) is 8.67. The van der Waals surface area contributed by atoms with Gasteiger partial charge in [0.05, 0.1) is 9.26 Å². The van der Waals surface area contributed by atoms with Gasteiger partial charge in [-0.25, -0.2) is 9.97 Å². The summed E-state index contributed by atoms with van der Waals surface area (Å²) < 4.78 is 7.30. The van der Waals surface area contributed by atoms with Crippen LogP contribution in [0, 0.1) is 3.57 Å². The minimum atomic E-state index is -0.242. The van der Waals surface area contributed by atoms with E-state index in [2.05, 4.69) is 34.8 Å². The van der Waals surface area contributed by atoms with Crippen molar-refractivity contribution in [2.75, 3.05) is 19.0 Å². The molecule has 2 saturated carbocycles. The summed E-state index contributed by atoms with van der Waals surface area (Å²) in [5.74, 6) is 2.50. The van der Waals surface area contributed by atoms with Gasteiger partial charge in [0.15, 0.2) is 5.82 Å². The maximum absolute atomic E-state index is 6.12. The first-order valence-electron chi connectivity index (χ1n) is 7.60. The predicted octanol–water partition coefficient (Wildman–Crippen LogP) is 3.81. The highest BCUT2D eigenvalue weighted by Crippen LogP contribution is 2.45. The molecule has 3 rings (SSSR count). The normalized spacial score (nSPS) is 21.1. The molecule has 20 heavy (non-hydrogen) atoms. The van der Waals surface area contributed by atoms with E-state index in [0.29, 0.717) is 5.92 Å². The summed E-state index contributed by atoms with van der Waals surface area (Å²) >= 11 is 2.37. The summed E-state index contributed by atoms with van der Waals surface area (Å²) in [6.07, 6.45) is 7.05. The fourth-order valence-electron chi connectivity index (χ4n) is 3.12. The fraction of sp³-hybridized carbons (Fsp3) is 0.733. The Labute approximate surface area is 134 Å². The second-order valence-corrected chi connectivity index (χ2v) is 6.83. The van der Waals surface area contributed by atoms with E-state index < -0.39 is 0 Å². The van der Waals surface area contributed by atoms with E-state index in [1.54, 1.807) is 0 Å². The number of halogens is 1. The van der Waals surface area contributed by atoms with Gasteiger partial charge < -0.3 is 10.1 Å². The van der Waals surface area contributed by atoms with Crippen LogP contribution in [0.3, 0.4) is 0 Å². The highest BCUT2D eigenvalue weighted by molar-refractivity contribution is 14.1. The number of hydrogen-bond donors (Lipinski definition) is 1. The maximum Gasteiger partial charge on any atom is 0.162 e. The van der Waals surface area contributed by atoms with Crippen LogP contribution in [0.25, 0.3) is 0 Å². The van der Waals surface area contributed by atoms with Crippen LogP contribution < -0.4 is 5.32 Å². The summed E-state index contributed by atoms with van der Waals surface area (Å²) in [6.45, 7) is 2.79. The number of anilines is 1. The van der Waals surface area contributed by atoms with E-state index in [4.69, 9.17) is 14.7 Å². The topological polar surface area (TPSA) is 47.0 Å². The molecule has 1 aromatic heterocycles. The van der Waals surface area contributed by atoms with Crippen molar-refractivity contribution in [3.63, 3.8) is 0 Å². The highest BCUT2D eigenvalue weighted by atomic mass is 127.